The average Bonchev–Trinajstić information content (AvgIpc) is 3.02. The van der Waals surface area contributed by atoms with E-state index in [1.54, 1.807) is 0 Å². The lowest BCUT2D eigenvalue weighted by atomic mass is 9.95. The van der Waals surface area contributed by atoms with Crippen LogP contribution in [-0.2, 0) is 9.59 Å². The number of hydrogen-bond acceptors (Lipinski definition) is 3. The minimum Gasteiger partial charge on any atom is -0.481 e. The van der Waals surface area contributed by atoms with Gasteiger partial charge in [-0.05, 0) is 44.3 Å². The van der Waals surface area contributed by atoms with Crippen LogP contribution in [0.3, 0.4) is 0 Å². The van der Waals surface area contributed by atoms with E-state index in [4.69, 9.17) is 0 Å². The maximum absolute atomic E-state index is 12.3. The standard InChI is InChI=1S/C15H25NO3S/c1-3-10-7-11(12(8-10)14(18)19)13(17)16-9-15(2)5-4-6-20-15/h10-12H,3-9H2,1-2H3,(H,16,17)(H,18,19). The first kappa shape index (κ1) is 15.7. The van der Waals surface area contributed by atoms with Crippen LogP contribution in [0, 0.1) is 17.8 Å². The molecule has 0 aromatic carbocycles. The van der Waals surface area contributed by atoms with Gasteiger partial charge >= 0.3 is 5.97 Å². The molecule has 1 aliphatic heterocycles. The highest BCUT2D eigenvalue weighted by Gasteiger charge is 2.42. The van der Waals surface area contributed by atoms with Crippen LogP contribution < -0.4 is 5.32 Å². The minimum absolute atomic E-state index is 0.0536. The Balaban J connectivity index is 1.91. The molecule has 20 heavy (non-hydrogen) atoms. The zero-order chi connectivity index (χ0) is 14.8. The van der Waals surface area contributed by atoms with Crippen molar-refractivity contribution in [1.82, 2.24) is 5.32 Å². The maximum Gasteiger partial charge on any atom is 0.307 e. The van der Waals surface area contributed by atoms with Crippen LogP contribution in [-0.4, -0.2) is 34.0 Å². The van der Waals surface area contributed by atoms with Crippen LogP contribution in [0.1, 0.15) is 46.0 Å². The highest BCUT2D eigenvalue weighted by Crippen LogP contribution is 2.39. The minimum atomic E-state index is -0.817. The molecule has 2 rings (SSSR count). The van der Waals surface area contributed by atoms with Gasteiger partial charge in [-0.1, -0.05) is 13.3 Å². The fourth-order valence-electron chi connectivity index (χ4n) is 3.42. The molecule has 4 unspecified atom stereocenters. The summed E-state index contributed by atoms with van der Waals surface area (Å²) in [5.74, 6) is -0.171. The predicted octanol–water partition coefficient (Wildman–Crippen LogP) is 2.53. The molecule has 1 amide bonds. The SMILES string of the molecule is CCC1CC(C(=O)O)C(C(=O)NCC2(C)CCCS2)C1. The normalized spacial score (nSPS) is 37.0. The second-order valence-corrected chi connectivity index (χ2v) is 8.10. The van der Waals surface area contributed by atoms with Gasteiger partial charge in [0, 0.05) is 11.3 Å². The van der Waals surface area contributed by atoms with E-state index in [1.807, 2.05) is 11.8 Å². The van der Waals surface area contributed by atoms with E-state index in [9.17, 15) is 14.7 Å². The Morgan fingerprint density at radius 1 is 1.35 bits per heavy atom. The van der Waals surface area contributed by atoms with Gasteiger partial charge in [0.05, 0.1) is 11.8 Å². The fraction of sp³-hybridized carbons (Fsp3) is 0.867. The summed E-state index contributed by atoms with van der Waals surface area (Å²) in [6.45, 7) is 4.92. The van der Waals surface area contributed by atoms with Gasteiger partial charge in [-0.2, -0.15) is 11.8 Å². The third-order valence-electron chi connectivity index (χ3n) is 4.83. The molecule has 1 heterocycles. The van der Waals surface area contributed by atoms with Gasteiger partial charge in [0.1, 0.15) is 0 Å². The topological polar surface area (TPSA) is 66.4 Å². The molecular weight excluding hydrogens is 274 g/mol. The Morgan fingerprint density at radius 3 is 2.60 bits per heavy atom. The van der Waals surface area contributed by atoms with Crippen molar-refractivity contribution < 1.29 is 14.7 Å². The summed E-state index contributed by atoms with van der Waals surface area (Å²) in [6, 6.07) is 0. The number of hydrogen-bond donors (Lipinski definition) is 2. The second-order valence-electron chi connectivity index (χ2n) is 6.42. The third-order valence-corrected chi connectivity index (χ3v) is 6.37. The van der Waals surface area contributed by atoms with Crippen LogP contribution in [0.2, 0.25) is 0 Å². The first-order chi connectivity index (χ1) is 9.45. The molecule has 2 aliphatic rings. The first-order valence-corrected chi connectivity index (χ1v) is 8.58. The van der Waals surface area contributed by atoms with Crippen molar-refractivity contribution in [2.75, 3.05) is 12.3 Å². The van der Waals surface area contributed by atoms with Gasteiger partial charge in [-0.15, -0.1) is 0 Å². The Kier molecular flexibility index (Phi) is 4.99. The molecule has 4 nitrogen and oxygen atoms in total. The van der Waals surface area contributed by atoms with Gasteiger partial charge in [-0.25, -0.2) is 0 Å². The molecule has 0 radical (unpaired) electrons. The van der Waals surface area contributed by atoms with E-state index in [0.717, 1.165) is 25.0 Å². The summed E-state index contributed by atoms with van der Waals surface area (Å²) in [5, 5.41) is 12.3. The predicted molar refractivity (Wildman–Crippen MR) is 80.7 cm³/mol. The molecule has 0 bridgehead atoms. The first-order valence-electron chi connectivity index (χ1n) is 7.59. The van der Waals surface area contributed by atoms with Crippen LogP contribution in [0.15, 0.2) is 0 Å². The van der Waals surface area contributed by atoms with Crippen LogP contribution in [0.4, 0.5) is 0 Å². The molecule has 4 atom stereocenters. The molecular formula is C15H25NO3S. The van der Waals surface area contributed by atoms with E-state index in [0.29, 0.717) is 18.9 Å². The molecule has 114 valence electrons. The number of carbonyl (C=O) groups is 2. The van der Waals surface area contributed by atoms with E-state index < -0.39 is 11.9 Å². The van der Waals surface area contributed by atoms with Crippen molar-refractivity contribution in [3.63, 3.8) is 0 Å². The summed E-state index contributed by atoms with van der Waals surface area (Å²) < 4.78 is 0.136. The molecule has 1 saturated carbocycles. The molecule has 1 saturated heterocycles. The number of carboxylic acid groups (broad SMARTS) is 1. The molecule has 1 aliphatic carbocycles. The number of carboxylic acids is 1. The maximum atomic E-state index is 12.3. The van der Waals surface area contributed by atoms with Crippen molar-refractivity contribution in [3.8, 4) is 0 Å². The monoisotopic (exact) mass is 299 g/mol. The van der Waals surface area contributed by atoms with Gasteiger partial charge in [0.25, 0.3) is 0 Å². The number of thioether (sulfide) groups is 1. The summed E-state index contributed by atoms with van der Waals surface area (Å²) in [4.78, 5) is 23.7. The Labute approximate surface area is 125 Å². The zero-order valence-corrected chi connectivity index (χ0v) is 13.2. The highest BCUT2D eigenvalue weighted by molar-refractivity contribution is 8.00. The average molecular weight is 299 g/mol. The smallest absolute Gasteiger partial charge is 0.307 e. The quantitative estimate of drug-likeness (QED) is 0.818. The molecule has 2 N–H and O–H groups in total. The summed E-state index contributed by atoms with van der Waals surface area (Å²) in [6.07, 6.45) is 4.67. The van der Waals surface area contributed by atoms with Gasteiger partial charge < -0.3 is 10.4 Å². The number of nitrogens with one attached hydrogen (secondary N) is 1. The molecule has 2 fully saturated rings. The number of aliphatic carboxylic acids is 1. The van der Waals surface area contributed by atoms with Crippen molar-refractivity contribution in [2.24, 2.45) is 17.8 Å². The van der Waals surface area contributed by atoms with Crippen LogP contribution >= 0.6 is 11.8 Å². The van der Waals surface area contributed by atoms with E-state index >= 15 is 0 Å². The van der Waals surface area contributed by atoms with E-state index in [-0.39, 0.29) is 16.6 Å². The lowest BCUT2D eigenvalue weighted by Gasteiger charge is -2.24. The molecule has 0 spiro atoms. The van der Waals surface area contributed by atoms with Crippen molar-refractivity contribution in [1.29, 1.82) is 0 Å². The number of amides is 1. The van der Waals surface area contributed by atoms with E-state index in [2.05, 4.69) is 19.2 Å². The second kappa shape index (κ2) is 6.37. The summed E-state index contributed by atoms with van der Waals surface area (Å²) in [7, 11) is 0. The van der Waals surface area contributed by atoms with Crippen molar-refractivity contribution in [2.45, 2.75) is 50.7 Å². The molecule has 0 aromatic heterocycles. The lowest BCUT2D eigenvalue weighted by Crippen LogP contribution is -2.41. The van der Waals surface area contributed by atoms with Gasteiger partial charge in [0.2, 0.25) is 5.91 Å². The number of carbonyl (C=O) groups excluding carboxylic acids is 1. The van der Waals surface area contributed by atoms with Crippen LogP contribution in [0.25, 0.3) is 0 Å². The Morgan fingerprint density at radius 2 is 2.05 bits per heavy atom. The fourth-order valence-corrected chi connectivity index (χ4v) is 4.66. The van der Waals surface area contributed by atoms with Crippen molar-refractivity contribution in [3.05, 3.63) is 0 Å². The van der Waals surface area contributed by atoms with Crippen LogP contribution in [0.5, 0.6) is 0 Å². The molecule has 5 heteroatoms. The molecule has 0 aromatic rings. The third kappa shape index (κ3) is 3.48. The van der Waals surface area contributed by atoms with E-state index in [1.165, 1.54) is 6.42 Å². The zero-order valence-electron chi connectivity index (χ0n) is 12.4. The van der Waals surface area contributed by atoms with Crippen molar-refractivity contribution >= 4 is 23.6 Å². The van der Waals surface area contributed by atoms with Gasteiger partial charge in [-0.3, -0.25) is 9.59 Å². The summed E-state index contributed by atoms with van der Waals surface area (Å²) >= 11 is 1.91. The number of rotatable bonds is 5. The Bertz CT molecular complexity index is 379. The largest absolute Gasteiger partial charge is 0.481 e. The highest BCUT2D eigenvalue weighted by atomic mass is 32.2. The van der Waals surface area contributed by atoms with Gasteiger partial charge in [0.15, 0.2) is 0 Å². The lowest BCUT2D eigenvalue weighted by molar-refractivity contribution is -0.146. The summed E-state index contributed by atoms with van der Waals surface area (Å²) in [5.41, 5.74) is 0. The Hall–Kier alpha value is -0.710.